The average Bonchev–Trinajstić information content (AvgIpc) is 3.06. The predicted octanol–water partition coefficient (Wildman–Crippen LogP) is 1.31. The van der Waals surface area contributed by atoms with Crippen molar-refractivity contribution in [3.63, 3.8) is 0 Å². The third-order valence-corrected chi connectivity index (χ3v) is 5.68. The highest BCUT2D eigenvalue weighted by Gasteiger charge is 2.46. The number of amides is 1. The highest BCUT2D eigenvalue weighted by atomic mass is 16.5. The quantitative estimate of drug-likeness (QED) is 0.827. The van der Waals surface area contributed by atoms with Gasteiger partial charge in [0.05, 0.1) is 19.8 Å². The van der Waals surface area contributed by atoms with Crippen LogP contribution < -0.4 is 0 Å². The van der Waals surface area contributed by atoms with Crippen LogP contribution in [0.25, 0.3) is 0 Å². The number of morpholine rings is 1. The van der Waals surface area contributed by atoms with E-state index in [1.54, 1.807) is 0 Å². The van der Waals surface area contributed by atoms with Crippen LogP contribution in [-0.2, 0) is 20.8 Å². The molecule has 0 N–H and O–H groups in total. The molecule has 3 saturated heterocycles. The average molecular weight is 345 g/mol. The normalized spacial score (nSPS) is 30.7. The lowest BCUT2D eigenvalue weighted by atomic mass is 9.78. The summed E-state index contributed by atoms with van der Waals surface area (Å²) in [7, 11) is 0. The zero-order valence-electron chi connectivity index (χ0n) is 14.7. The largest absolute Gasteiger partial charge is 0.378 e. The van der Waals surface area contributed by atoms with Gasteiger partial charge < -0.3 is 14.4 Å². The molecular formula is C19H27N3O3. The summed E-state index contributed by atoms with van der Waals surface area (Å²) in [5, 5.41) is 0. The number of likely N-dealkylation sites (tertiary alicyclic amines) is 1. The second-order valence-electron chi connectivity index (χ2n) is 7.62. The van der Waals surface area contributed by atoms with Crippen LogP contribution in [0.3, 0.4) is 0 Å². The Morgan fingerprint density at radius 3 is 3.00 bits per heavy atom. The monoisotopic (exact) mass is 345 g/mol. The van der Waals surface area contributed by atoms with E-state index in [4.69, 9.17) is 9.47 Å². The second-order valence-corrected chi connectivity index (χ2v) is 7.62. The topological polar surface area (TPSA) is 54.9 Å². The number of hydrogen-bond acceptors (Lipinski definition) is 5. The minimum atomic E-state index is -0.267. The van der Waals surface area contributed by atoms with Crippen LogP contribution in [0.1, 0.15) is 24.8 Å². The van der Waals surface area contributed by atoms with E-state index in [1.807, 2.05) is 23.4 Å². The van der Waals surface area contributed by atoms with Gasteiger partial charge in [0.15, 0.2) is 0 Å². The first kappa shape index (κ1) is 16.9. The SMILES string of the molecule is O=C([C@@H]1C[C@@]2(CCCN(Cc3cccnc3)C2)CO1)N1CCOCC1. The van der Waals surface area contributed by atoms with E-state index >= 15 is 0 Å². The fourth-order valence-corrected chi connectivity index (χ4v) is 4.41. The molecule has 3 fully saturated rings. The van der Waals surface area contributed by atoms with E-state index < -0.39 is 0 Å². The molecule has 3 aliphatic heterocycles. The van der Waals surface area contributed by atoms with Crippen LogP contribution in [0.2, 0.25) is 0 Å². The van der Waals surface area contributed by atoms with Gasteiger partial charge >= 0.3 is 0 Å². The number of hydrogen-bond donors (Lipinski definition) is 0. The molecule has 25 heavy (non-hydrogen) atoms. The van der Waals surface area contributed by atoms with Crippen molar-refractivity contribution in [3.8, 4) is 0 Å². The Morgan fingerprint density at radius 2 is 2.20 bits per heavy atom. The number of nitrogens with zero attached hydrogens (tertiary/aromatic N) is 3. The van der Waals surface area contributed by atoms with Crippen molar-refractivity contribution >= 4 is 5.91 Å². The molecule has 6 heteroatoms. The molecular weight excluding hydrogens is 318 g/mol. The van der Waals surface area contributed by atoms with E-state index in [2.05, 4.69) is 16.0 Å². The van der Waals surface area contributed by atoms with Gasteiger partial charge in [-0.05, 0) is 37.4 Å². The summed E-state index contributed by atoms with van der Waals surface area (Å²) in [6.07, 6.45) is 6.67. The maximum Gasteiger partial charge on any atom is 0.251 e. The van der Waals surface area contributed by atoms with Gasteiger partial charge in [-0.25, -0.2) is 0 Å². The Morgan fingerprint density at radius 1 is 1.32 bits per heavy atom. The first-order chi connectivity index (χ1) is 12.2. The molecule has 1 aromatic rings. The Labute approximate surface area is 149 Å². The van der Waals surface area contributed by atoms with Crippen LogP contribution in [-0.4, -0.2) is 72.8 Å². The Balaban J connectivity index is 1.36. The molecule has 1 aromatic heterocycles. The number of piperidine rings is 1. The molecule has 0 bridgehead atoms. The fourth-order valence-electron chi connectivity index (χ4n) is 4.41. The number of carbonyl (C=O) groups is 1. The maximum atomic E-state index is 12.7. The molecule has 6 nitrogen and oxygen atoms in total. The summed E-state index contributed by atoms with van der Waals surface area (Å²) < 4.78 is 11.3. The van der Waals surface area contributed by atoms with Gasteiger partial charge in [-0.3, -0.25) is 14.7 Å². The standard InChI is InChI=1S/C19H27N3O3/c23-18(22-7-9-24-10-8-22)17-11-19(15-25-17)4-2-6-21(14-19)13-16-3-1-5-20-12-16/h1,3,5,12,17H,2,4,6-11,13-15H2/t17-,19+/m0/s1. The van der Waals surface area contributed by atoms with Gasteiger partial charge in [-0.1, -0.05) is 6.07 Å². The van der Waals surface area contributed by atoms with Gasteiger partial charge in [0.1, 0.15) is 6.10 Å². The maximum absolute atomic E-state index is 12.7. The highest BCUT2D eigenvalue weighted by Crippen LogP contribution is 2.41. The van der Waals surface area contributed by atoms with Crippen LogP contribution in [0.4, 0.5) is 0 Å². The molecule has 4 rings (SSSR count). The van der Waals surface area contributed by atoms with Crippen LogP contribution in [0.5, 0.6) is 0 Å². The Kier molecular flexibility index (Phi) is 5.01. The van der Waals surface area contributed by atoms with Crippen LogP contribution in [0, 0.1) is 5.41 Å². The molecule has 4 heterocycles. The highest BCUT2D eigenvalue weighted by molar-refractivity contribution is 5.81. The lowest BCUT2D eigenvalue weighted by molar-refractivity contribution is -0.144. The molecule has 3 aliphatic rings. The first-order valence-corrected chi connectivity index (χ1v) is 9.34. The number of pyridine rings is 1. The van der Waals surface area contributed by atoms with Crippen molar-refractivity contribution in [3.05, 3.63) is 30.1 Å². The van der Waals surface area contributed by atoms with Crippen molar-refractivity contribution in [1.82, 2.24) is 14.8 Å². The Bertz CT molecular complexity index is 591. The van der Waals surface area contributed by atoms with Crippen LogP contribution >= 0.6 is 0 Å². The number of ether oxygens (including phenoxy) is 2. The molecule has 136 valence electrons. The number of aromatic nitrogens is 1. The predicted molar refractivity (Wildman–Crippen MR) is 92.9 cm³/mol. The molecule has 0 radical (unpaired) electrons. The van der Waals surface area contributed by atoms with E-state index in [9.17, 15) is 4.79 Å². The van der Waals surface area contributed by atoms with E-state index in [0.29, 0.717) is 32.9 Å². The summed E-state index contributed by atoms with van der Waals surface area (Å²) in [6, 6.07) is 4.12. The molecule has 0 unspecified atom stereocenters. The van der Waals surface area contributed by atoms with Crippen LogP contribution in [0.15, 0.2) is 24.5 Å². The number of carbonyl (C=O) groups excluding carboxylic acids is 1. The molecule has 0 aliphatic carbocycles. The van der Waals surface area contributed by atoms with Crippen molar-refractivity contribution in [2.75, 3.05) is 46.0 Å². The summed E-state index contributed by atoms with van der Waals surface area (Å²) in [6.45, 7) is 6.42. The molecule has 1 spiro atoms. The molecule has 0 saturated carbocycles. The lowest BCUT2D eigenvalue weighted by Gasteiger charge is -2.39. The van der Waals surface area contributed by atoms with Crippen molar-refractivity contribution < 1.29 is 14.3 Å². The molecule has 0 aromatic carbocycles. The lowest BCUT2D eigenvalue weighted by Crippen LogP contribution is -2.46. The smallest absolute Gasteiger partial charge is 0.251 e. The summed E-state index contributed by atoms with van der Waals surface area (Å²) in [5.74, 6) is 0.157. The molecule has 1 amide bonds. The zero-order valence-corrected chi connectivity index (χ0v) is 14.7. The third kappa shape index (κ3) is 3.86. The van der Waals surface area contributed by atoms with E-state index in [1.165, 1.54) is 12.0 Å². The van der Waals surface area contributed by atoms with Gasteiger partial charge in [-0.15, -0.1) is 0 Å². The molecule has 2 atom stereocenters. The van der Waals surface area contributed by atoms with Crippen molar-refractivity contribution in [2.24, 2.45) is 5.41 Å². The van der Waals surface area contributed by atoms with E-state index in [-0.39, 0.29) is 17.4 Å². The van der Waals surface area contributed by atoms with Crippen molar-refractivity contribution in [1.29, 1.82) is 0 Å². The van der Waals surface area contributed by atoms with Gasteiger partial charge in [0.2, 0.25) is 0 Å². The summed E-state index contributed by atoms with van der Waals surface area (Å²) >= 11 is 0. The fraction of sp³-hybridized carbons (Fsp3) is 0.684. The first-order valence-electron chi connectivity index (χ1n) is 9.34. The summed E-state index contributed by atoms with van der Waals surface area (Å²) in [4.78, 5) is 21.3. The number of rotatable bonds is 3. The third-order valence-electron chi connectivity index (χ3n) is 5.68. The minimum Gasteiger partial charge on any atom is -0.378 e. The minimum absolute atomic E-state index is 0.132. The second kappa shape index (κ2) is 7.40. The van der Waals surface area contributed by atoms with Gasteiger partial charge in [-0.2, -0.15) is 0 Å². The van der Waals surface area contributed by atoms with Gasteiger partial charge in [0.25, 0.3) is 5.91 Å². The van der Waals surface area contributed by atoms with Gasteiger partial charge in [0, 0.05) is 44.0 Å². The zero-order chi connectivity index (χ0) is 17.1. The summed E-state index contributed by atoms with van der Waals surface area (Å²) in [5.41, 5.74) is 1.38. The van der Waals surface area contributed by atoms with E-state index in [0.717, 1.165) is 32.5 Å². The Hall–Kier alpha value is -1.50. The van der Waals surface area contributed by atoms with Crippen molar-refractivity contribution in [2.45, 2.75) is 31.9 Å².